The molecular weight excluding hydrogens is 432 g/mol. The van der Waals surface area contributed by atoms with Crippen molar-refractivity contribution in [1.29, 1.82) is 0 Å². The molecular formula is C20H20F4N6O2. The van der Waals surface area contributed by atoms with Crippen LogP contribution >= 0.6 is 0 Å². The molecule has 1 amide bonds. The molecule has 2 aromatic heterocycles. The van der Waals surface area contributed by atoms with E-state index in [9.17, 15) is 22.4 Å². The highest BCUT2D eigenvalue weighted by atomic mass is 19.3. The molecule has 3 rings (SSSR count). The van der Waals surface area contributed by atoms with Crippen molar-refractivity contribution in [3.8, 4) is 11.7 Å². The number of hydrogen-bond acceptors (Lipinski definition) is 6. The van der Waals surface area contributed by atoms with Crippen molar-refractivity contribution in [3.05, 3.63) is 59.7 Å². The number of aromatic nitrogens is 5. The smallest absolute Gasteiger partial charge is 0.316 e. The molecule has 0 fully saturated rings. The average molecular weight is 452 g/mol. The number of rotatable bonds is 8. The number of benzene rings is 1. The predicted molar refractivity (Wildman–Crippen MR) is 105 cm³/mol. The molecule has 170 valence electrons. The van der Waals surface area contributed by atoms with Crippen LogP contribution in [0.1, 0.15) is 36.7 Å². The minimum Gasteiger partial charge on any atom is -0.461 e. The van der Waals surface area contributed by atoms with E-state index in [4.69, 9.17) is 4.74 Å². The lowest BCUT2D eigenvalue weighted by molar-refractivity contribution is 0.0165. The van der Waals surface area contributed by atoms with E-state index >= 15 is 0 Å². The summed E-state index contributed by atoms with van der Waals surface area (Å²) in [6.07, 6.45) is 4.46. The Kier molecular flexibility index (Phi) is 6.70. The molecule has 0 aliphatic rings. The van der Waals surface area contributed by atoms with Gasteiger partial charge in [-0.2, -0.15) is 10.2 Å². The van der Waals surface area contributed by atoms with Crippen LogP contribution in [0.2, 0.25) is 0 Å². The molecule has 12 heteroatoms. The van der Waals surface area contributed by atoms with Crippen molar-refractivity contribution >= 4 is 5.91 Å². The minimum atomic E-state index is -3.08. The summed E-state index contributed by atoms with van der Waals surface area (Å²) in [7, 11) is 0. The lowest BCUT2D eigenvalue weighted by Gasteiger charge is -2.28. The normalized spacial score (nSPS) is 12.5. The van der Waals surface area contributed by atoms with E-state index in [0.29, 0.717) is 0 Å². The second-order valence-electron chi connectivity index (χ2n) is 6.97. The van der Waals surface area contributed by atoms with Crippen LogP contribution in [0.4, 0.5) is 17.6 Å². The van der Waals surface area contributed by atoms with Crippen LogP contribution in [0.15, 0.2) is 36.9 Å². The Balaban J connectivity index is 1.78. The zero-order valence-corrected chi connectivity index (χ0v) is 17.5. The highest BCUT2D eigenvalue weighted by Crippen LogP contribution is 2.26. The largest absolute Gasteiger partial charge is 0.461 e. The van der Waals surface area contributed by atoms with Gasteiger partial charge in [0.25, 0.3) is 11.8 Å². The quantitative estimate of drug-likeness (QED) is 0.487. The maximum Gasteiger partial charge on any atom is 0.316 e. The van der Waals surface area contributed by atoms with Crippen molar-refractivity contribution < 1.29 is 27.1 Å². The first-order valence-electron chi connectivity index (χ1n) is 9.62. The maximum atomic E-state index is 14.5. The fourth-order valence-corrected chi connectivity index (χ4v) is 2.95. The first kappa shape index (κ1) is 23.1. The fraction of sp³-hybridized carbons (Fsp3) is 0.350. The highest BCUT2D eigenvalue weighted by molar-refractivity contribution is 5.98. The third-order valence-corrected chi connectivity index (χ3v) is 4.64. The number of halogens is 4. The lowest BCUT2D eigenvalue weighted by atomic mass is 10.1. The van der Waals surface area contributed by atoms with Gasteiger partial charge in [0.1, 0.15) is 12.3 Å². The zero-order valence-electron chi connectivity index (χ0n) is 17.5. The van der Waals surface area contributed by atoms with E-state index < -0.39 is 35.2 Å². The van der Waals surface area contributed by atoms with Gasteiger partial charge in [-0.1, -0.05) is 0 Å². The van der Waals surface area contributed by atoms with E-state index in [1.165, 1.54) is 17.3 Å². The summed E-state index contributed by atoms with van der Waals surface area (Å²) in [6, 6.07) is 1.32. The molecule has 0 aliphatic heterocycles. The minimum absolute atomic E-state index is 0.0690. The maximum absolute atomic E-state index is 14.5. The molecule has 0 saturated carbocycles. The number of carbonyl (C=O) groups excluding carboxylic acids is 1. The second kappa shape index (κ2) is 9.28. The molecule has 0 bridgehead atoms. The van der Waals surface area contributed by atoms with E-state index in [2.05, 4.69) is 20.2 Å². The first-order chi connectivity index (χ1) is 15.1. The van der Waals surface area contributed by atoms with Gasteiger partial charge >= 0.3 is 6.01 Å². The molecule has 3 aromatic rings. The van der Waals surface area contributed by atoms with Crippen LogP contribution in [-0.4, -0.2) is 55.0 Å². The van der Waals surface area contributed by atoms with Crippen molar-refractivity contribution in [2.45, 2.75) is 32.7 Å². The Morgan fingerprint density at radius 3 is 2.38 bits per heavy atom. The number of hydrogen-bond donors (Lipinski definition) is 0. The Morgan fingerprint density at radius 1 is 1.19 bits per heavy atom. The average Bonchev–Trinajstić information content (AvgIpc) is 3.28. The number of amides is 1. The van der Waals surface area contributed by atoms with E-state index in [1.54, 1.807) is 13.8 Å². The predicted octanol–water partition coefficient (Wildman–Crippen LogP) is 3.38. The van der Waals surface area contributed by atoms with E-state index in [0.717, 1.165) is 36.2 Å². The zero-order chi connectivity index (χ0) is 23.5. The van der Waals surface area contributed by atoms with Gasteiger partial charge in [0.05, 0.1) is 29.6 Å². The van der Waals surface area contributed by atoms with Crippen molar-refractivity contribution in [2.75, 3.05) is 13.2 Å². The molecule has 0 unspecified atom stereocenters. The van der Waals surface area contributed by atoms with Crippen molar-refractivity contribution in [1.82, 2.24) is 29.9 Å². The first-order valence-corrected chi connectivity index (χ1v) is 9.62. The molecule has 0 saturated heterocycles. The van der Waals surface area contributed by atoms with Gasteiger partial charge in [-0.05, 0) is 26.0 Å². The monoisotopic (exact) mass is 452 g/mol. The second-order valence-corrected chi connectivity index (χ2v) is 6.97. The van der Waals surface area contributed by atoms with Gasteiger partial charge in [-0.3, -0.25) is 4.79 Å². The number of likely N-dealkylation sites (N-methyl/N-ethyl adjacent to an activating group) is 1. The van der Waals surface area contributed by atoms with Crippen molar-refractivity contribution in [2.24, 2.45) is 0 Å². The van der Waals surface area contributed by atoms with Crippen LogP contribution in [0.5, 0.6) is 6.01 Å². The fourth-order valence-electron chi connectivity index (χ4n) is 2.95. The summed E-state index contributed by atoms with van der Waals surface area (Å²) in [5.41, 5.74) is -0.910. The van der Waals surface area contributed by atoms with Gasteiger partial charge in [0.15, 0.2) is 11.6 Å². The number of carbonyl (C=O) groups is 1. The molecule has 0 spiro atoms. The number of nitrogens with zero attached hydrogens (tertiary/aromatic N) is 6. The lowest BCUT2D eigenvalue weighted by Crippen LogP contribution is -2.42. The van der Waals surface area contributed by atoms with Gasteiger partial charge < -0.3 is 9.64 Å². The number of alkyl halides is 2. The number of ether oxygens (including phenoxy) is 1. The van der Waals surface area contributed by atoms with Crippen LogP contribution < -0.4 is 4.74 Å². The molecule has 2 heterocycles. The van der Waals surface area contributed by atoms with Crippen molar-refractivity contribution in [3.63, 3.8) is 0 Å². The Labute approximate surface area is 180 Å². The third kappa shape index (κ3) is 4.84. The topological polar surface area (TPSA) is 86.0 Å². The third-order valence-electron chi connectivity index (χ3n) is 4.64. The molecule has 0 aliphatic carbocycles. The summed E-state index contributed by atoms with van der Waals surface area (Å²) in [5, 5.41) is 7.59. The van der Waals surface area contributed by atoms with Gasteiger partial charge in [-0.25, -0.2) is 27.5 Å². The molecule has 0 N–H and O–H groups in total. The Hall–Kier alpha value is -3.57. The molecule has 0 radical (unpaired) electrons. The standard InChI is InChI=1S/C20H20F4N6O2/c1-4-29(12(2)11-32-19-25-9-13(10-26-19)20(3,23)24)18(31)14-5-6-15(21)16(22)17(14)30-27-7-8-28-30/h5-10,12H,4,11H2,1-3H3/t12-/m0/s1. The molecule has 32 heavy (non-hydrogen) atoms. The van der Waals surface area contributed by atoms with Crippen LogP contribution in [0.25, 0.3) is 5.69 Å². The van der Waals surface area contributed by atoms with Crippen LogP contribution in [0.3, 0.4) is 0 Å². The van der Waals surface area contributed by atoms with E-state index in [1.807, 2.05) is 0 Å². The SMILES string of the molecule is CCN(C(=O)c1ccc(F)c(F)c1-n1nccn1)[C@@H](C)COc1ncc(C(C)(F)F)cn1. The summed E-state index contributed by atoms with van der Waals surface area (Å²) in [6.45, 7) is 4.25. The Bertz CT molecular complexity index is 1070. The molecule has 1 aromatic carbocycles. The molecule has 8 nitrogen and oxygen atoms in total. The van der Waals surface area contributed by atoms with Crippen LogP contribution in [-0.2, 0) is 5.92 Å². The van der Waals surface area contributed by atoms with Gasteiger partial charge in [0, 0.05) is 25.9 Å². The van der Waals surface area contributed by atoms with Gasteiger partial charge in [-0.15, -0.1) is 4.80 Å². The van der Waals surface area contributed by atoms with Crippen LogP contribution in [0, 0.1) is 11.6 Å². The summed E-state index contributed by atoms with van der Waals surface area (Å²) in [4.78, 5) is 22.9. The summed E-state index contributed by atoms with van der Waals surface area (Å²) >= 11 is 0. The summed E-state index contributed by atoms with van der Waals surface area (Å²) in [5.74, 6) is -6.08. The van der Waals surface area contributed by atoms with Gasteiger partial charge in [0.2, 0.25) is 0 Å². The highest BCUT2D eigenvalue weighted by Gasteiger charge is 2.28. The summed E-state index contributed by atoms with van der Waals surface area (Å²) < 4.78 is 60.3. The Morgan fingerprint density at radius 2 is 1.81 bits per heavy atom. The molecule has 1 atom stereocenters. The van der Waals surface area contributed by atoms with E-state index in [-0.39, 0.29) is 30.3 Å².